The number of carbonyl (C=O) groups excluding carboxylic acids is 2. The van der Waals surface area contributed by atoms with Crippen molar-refractivity contribution in [3.8, 4) is 5.75 Å². The molecular formula is C26H32N4O3. The predicted molar refractivity (Wildman–Crippen MR) is 129 cm³/mol. The molecule has 0 radical (unpaired) electrons. The van der Waals surface area contributed by atoms with Crippen molar-refractivity contribution < 1.29 is 14.3 Å². The summed E-state index contributed by atoms with van der Waals surface area (Å²) >= 11 is 0. The number of hydrogen-bond acceptors (Lipinski definition) is 5. The molecule has 3 aliphatic rings. The largest absolute Gasteiger partial charge is 0.492 e. The lowest BCUT2D eigenvalue weighted by atomic mass is 9.97. The molecule has 0 spiro atoms. The zero-order valence-corrected chi connectivity index (χ0v) is 19.5. The molecule has 7 nitrogen and oxygen atoms in total. The van der Waals surface area contributed by atoms with Crippen LogP contribution in [0.25, 0.3) is 0 Å². The number of piperidine rings is 1. The second-order valence-corrected chi connectivity index (χ2v) is 9.00. The number of ether oxygens (including phenoxy) is 1. The van der Waals surface area contributed by atoms with E-state index in [1.165, 1.54) is 0 Å². The van der Waals surface area contributed by atoms with Crippen LogP contribution >= 0.6 is 0 Å². The van der Waals surface area contributed by atoms with Gasteiger partial charge in [0.2, 0.25) is 0 Å². The van der Waals surface area contributed by atoms with Gasteiger partial charge in [-0.1, -0.05) is 12.1 Å². The Labute approximate surface area is 195 Å². The van der Waals surface area contributed by atoms with Gasteiger partial charge in [0, 0.05) is 45.3 Å². The molecule has 0 bridgehead atoms. The lowest BCUT2D eigenvalue weighted by Crippen LogP contribution is -2.56. The zero-order valence-electron chi connectivity index (χ0n) is 19.5. The molecule has 2 aromatic carbocycles. The summed E-state index contributed by atoms with van der Waals surface area (Å²) in [5, 5.41) is 0. The van der Waals surface area contributed by atoms with Crippen LogP contribution in [0.1, 0.15) is 46.9 Å². The van der Waals surface area contributed by atoms with Crippen LogP contribution in [0.4, 0.5) is 11.4 Å². The van der Waals surface area contributed by atoms with Crippen molar-refractivity contribution in [2.45, 2.75) is 32.4 Å². The lowest BCUT2D eigenvalue weighted by Gasteiger charge is -2.46. The summed E-state index contributed by atoms with van der Waals surface area (Å²) in [4.78, 5) is 34.7. The number of hydrogen-bond donors (Lipinski definition) is 0. The van der Waals surface area contributed by atoms with Crippen LogP contribution < -0.4 is 14.5 Å². The fourth-order valence-electron chi connectivity index (χ4n) is 5.34. The van der Waals surface area contributed by atoms with Gasteiger partial charge in [0.15, 0.2) is 0 Å². The normalized spacial score (nSPS) is 20.4. The van der Waals surface area contributed by atoms with Crippen molar-refractivity contribution in [2.75, 3.05) is 56.2 Å². The number of anilines is 2. The highest BCUT2D eigenvalue weighted by atomic mass is 16.5. The van der Waals surface area contributed by atoms with Gasteiger partial charge in [-0.25, -0.2) is 0 Å². The molecule has 174 valence electrons. The summed E-state index contributed by atoms with van der Waals surface area (Å²) in [7, 11) is 2.04. The molecule has 0 aromatic heterocycles. The van der Waals surface area contributed by atoms with Crippen molar-refractivity contribution in [1.82, 2.24) is 9.80 Å². The summed E-state index contributed by atoms with van der Waals surface area (Å²) in [6.45, 7) is 6.26. The highest BCUT2D eigenvalue weighted by molar-refractivity contribution is 6.04. The third-order valence-corrected chi connectivity index (χ3v) is 7.11. The average molecular weight is 449 g/mol. The van der Waals surface area contributed by atoms with Crippen molar-refractivity contribution in [1.29, 1.82) is 0 Å². The molecule has 2 fully saturated rings. The molecule has 0 aliphatic carbocycles. The topological polar surface area (TPSA) is 56.3 Å². The van der Waals surface area contributed by atoms with Gasteiger partial charge in [-0.15, -0.1) is 0 Å². The minimum Gasteiger partial charge on any atom is -0.492 e. The molecule has 5 rings (SSSR count). The fourth-order valence-corrected chi connectivity index (χ4v) is 5.34. The van der Waals surface area contributed by atoms with E-state index in [4.69, 9.17) is 4.74 Å². The first kappa shape index (κ1) is 21.6. The molecule has 33 heavy (non-hydrogen) atoms. The fraction of sp³-hybridized carbons (Fsp3) is 0.462. The first-order valence-corrected chi connectivity index (χ1v) is 12.0. The van der Waals surface area contributed by atoms with Crippen molar-refractivity contribution >= 4 is 23.2 Å². The number of amides is 2. The molecule has 1 atom stereocenters. The molecule has 0 unspecified atom stereocenters. The Bertz CT molecular complexity index is 1050. The highest BCUT2D eigenvalue weighted by Crippen LogP contribution is 2.35. The second kappa shape index (κ2) is 8.96. The third-order valence-electron chi connectivity index (χ3n) is 7.11. The van der Waals surface area contributed by atoms with Gasteiger partial charge >= 0.3 is 0 Å². The van der Waals surface area contributed by atoms with E-state index < -0.39 is 0 Å². The molecule has 0 saturated carbocycles. The first-order chi connectivity index (χ1) is 16.1. The number of fused-ring (bicyclic) bond motifs is 2. The summed E-state index contributed by atoms with van der Waals surface area (Å²) < 4.78 is 5.79. The van der Waals surface area contributed by atoms with Crippen LogP contribution in [0, 0.1) is 0 Å². The Morgan fingerprint density at radius 2 is 1.79 bits per heavy atom. The second-order valence-electron chi connectivity index (χ2n) is 9.00. The van der Waals surface area contributed by atoms with Crippen LogP contribution in [-0.2, 0) is 0 Å². The molecule has 2 aromatic rings. The maximum Gasteiger partial charge on any atom is 0.257 e. The zero-order chi connectivity index (χ0) is 22.9. The van der Waals surface area contributed by atoms with Crippen LogP contribution in [0.5, 0.6) is 5.75 Å². The Hall–Kier alpha value is -3.22. The highest BCUT2D eigenvalue weighted by Gasteiger charge is 2.37. The van der Waals surface area contributed by atoms with Crippen LogP contribution in [0.15, 0.2) is 42.5 Å². The van der Waals surface area contributed by atoms with Crippen LogP contribution in [0.2, 0.25) is 0 Å². The minimum atomic E-state index is 0.0301. The molecule has 0 N–H and O–H groups in total. The maximum absolute atomic E-state index is 13.3. The SMILES string of the molecule is CCOc1ccccc1N1CCN(C(=O)c2ccc3c(c2)N(C)[C@@H]2CCCCN2C3=O)CC1. The van der Waals surface area contributed by atoms with Crippen LogP contribution in [-0.4, -0.2) is 74.2 Å². The lowest BCUT2D eigenvalue weighted by molar-refractivity contribution is 0.0588. The van der Waals surface area contributed by atoms with E-state index >= 15 is 0 Å². The van der Waals surface area contributed by atoms with E-state index in [0.29, 0.717) is 30.8 Å². The van der Waals surface area contributed by atoms with Gasteiger partial charge in [0.1, 0.15) is 11.9 Å². The Kier molecular flexibility index (Phi) is 5.87. The van der Waals surface area contributed by atoms with Gasteiger partial charge in [0.25, 0.3) is 11.8 Å². The summed E-state index contributed by atoms with van der Waals surface area (Å²) in [6.07, 6.45) is 3.26. The predicted octanol–water partition coefficient (Wildman–Crippen LogP) is 3.45. The number of carbonyl (C=O) groups is 2. The van der Waals surface area contributed by atoms with E-state index in [1.807, 2.05) is 60.2 Å². The van der Waals surface area contributed by atoms with Gasteiger partial charge in [-0.05, 0) is 56.5 Å². The van der Waals surface area contributed by atoms with Crippen LogP contribution in [0.3, 0.4) is 0 Å². The van der Waals surface area contributed by atoms with E-state index in [0.717, 1.165) is 56.0 Å². The number of nitrogens with zero attached hydrogens (tertiary/aromatic N) is 4. The van der Waals surface area contributed by atoms with Crippen molar-refractivity contribution in [3.63, 3.8) is 0 Å². The minimum absolute atomic E-state index is 0.0301. The van der Waals surface area contributed by atoms with Gasteiger partial charge in [-0.2, -0.15) is 0 Å². The monoisotopic (exact) mass is 448 g/mol. The molecular weight excluding hydrogens is 416 g/mol. The van der Waals surface area contributed by atoms with Crippen molar-refractivity contribution in [3.05, 3.63) is 53.6 Å². The van der Waals surface area contributed by atoms with E-state index in [-0.39, 0.29) is 18.0 Å². The van der Waals surface area contributed by atoms with E-state index in [9.17, 15) is 9.59 Å². The quantitative estimate of drug-likeness (QED) is 0.717. The Morgan fingerprint density at radius 3 is 2.58 bits per heavy atom. The Balaban J connectivity index is 1.31. The molecule has 3 aliphatic heterocycles. The standard InChI is InChI=1S/C26H32N4O3/c1-3-33-23-9-5-4-8-21(23)28-14-16-29(17-15-28)25(31)19-11-12-20-22(18-19)27(2)24-10-6-7-13-30(24)26(20)32/h4-5,8-9,11-12,18,24H,3,6-7,10,13-17H2,1-2H3/t24-/m0/s1. The molecule has 7 heteroatoms. The number of piperazine rings is 1. The molecule has 3 heterocycles. The van der Waals surface area contributed by atoms with Gasteiger partial charge in [-0.3, -0.25) is 9.59 Å². The summed E-state index contributed by atoms with van der Waals surface area (Å²) in [5.74, 6) is 1.01. The van der Waals surface area contributed by atoms with E-state index in [2.05, 4.69) is 15.9 Å². The molecule has 2 amide bonds. The number of rotatable bonds is 4. The average Bonchev–Trinajstić information content (AvgIpc) is 2.87. The summed E-state index contributed by atoms with van der Waals surface area (Å²) in [6, 6.07) is 13.6. The smallest absolute Gasteiger partial charge is 0.257 e. The Morgan fingerprint density at radius 1 is 1.00 bits per heavy atom. The van der Waals surface area contributed by atoms with Gasteiger partial charge < -0.3 is 24.3 Å². The summed E-state index contributed by atoms with van der Waals surface area (Å²) in [5.41, 5.74) is 3.31. The van der Waals surface area contributed by atoms with Gasteiger partial charge in [0.05, 0.1) is 23.5 Å². The third kappa shape index (κ3) is 3.90. The maximum atomic E-state index is 13.3. The number of para-hydroxylation sites is 2. The first-order valence-electron chi connectivity index (χ1n) is 12.0. The van der Waals surface area contributed by atoms with Crippen molar-refractivity contribution in [2.24, 2.45) is 0 Å². The number of benzene rings is 2. The molecule has 2 saturated heterocycles. The van der Waals surface area contributed by atoms with E-state index in [1.54, 1.807) is 0 Å².